The van der Waals surface area contributed by atoms with Gasteiger partial charge < -0.3 is 10.6 Å². The quantitative estimate of drug-likeness (QED) is 0.549. The molecule has 3 aromatic heterocycles. The Balaban J connectivity index is 1.48. The van der Waals surface area contributed by atoms with Crippen LogP contribution in [0.1, 0.15) is 15.5 Å². The van der Waals surface area contributed by atoms with Crippen LogP contribution in [-0.4, -0.2) is 25.7 Å². The van der Waals surface area contributed by atoms with Crippen LogP contribution in [0.2, 0.25) is 0 Å². The molecule has 0 aliphatic carbocycles. The molecule has 0 bridgehead atoms. The Labute approximate surface area is 159 Å². The smallest absolute Gasteiger partial charge is 0.265 e. The van der Waals surface area contributed by atoms with Gasteiger partial charge in [-0.2, -0.15) is 5.10 Å². The lowest BCUT2D eigenvalue weighted by atomic mass is 10.2. The van der Waals surface area contributed by atoms with Crippen LogP contribution in [0, 0.1) is 6.92 Å². The largest absolute Gasteiger partial charge is 0.340 e. The second kappa shape index (κ2) is 7.38. The summed E-state index contributed by atoms with van der Waals surface area (Å²) in [6.45, 7) is 1.83. The van der Waals surface area contributed by atoms with Crippen LogP contribution in [0.3, 0.4) is 0 Å². The van der Waals surface area contributed by atoms with Crippen molar-refractivity contribution in [3.05, 3.63) is 77.0 Å². The van der Waals surface area contributed by atoms with E-state index in [2.05, 4.69) is 25.7 Å². The van der Waals surface area contributed by atoms with Gasteiger partial charge >= 0.3 is 0 Å². The van der Waals surface area contributed by atoms with Crippen LogP contribution in [0.5, 0.6) is 0 Å². The highest BCUT2D eigenvalue weighted by atomic mass is 32.1. The van der Waals surface area contributed by atoms with Crippen LogP contribution in [-0.2, 0) is 0 Å². The number of amides is 1. The molecule has 1 amide bonds. The maximum Gasteiger partial charge on any atom is 0.265 e. The molecular formula is C19H16N6OS. The standard InChI is InChI=1S/C19H16N6OS/c1-13-21-17(12-18(22-13)25-10-3-9-20-25)23-14-5-7-15(8-6-14)24-19(26)16-4-2-11-27-16/h2-12H,1H3,(H,24,26)(H,21,22,23). The Morgan fingerprint density at radius 2 is 1.89 bits per heavy atom. The van der Waals surface area contributed by atoms with E-state index in [-0.39, 0.29) is 5.91 Å². The third kappa shape index (κ3) is 4.01. The minimum Gasteiger partial charge on any atom is -0.340 e. The molecule has 27 heavy (non-hydrogen) atoms. The summed E-state index contributed by atoms with van der Waals surface area (Å²) >= 11 is 1.41. The van der Waals surface area contributed by atoms with Crippen molar-refractivity contribution in [3.63, 3.8) is 0 Å². The molecule has 0 radical (unpaired) electrons. The monoisotopic (exact) mass is 376 g/mol. The van der Waals surface area contributed by atoms with Gasteiger partial charge in [-0.1, -0.05) is 6.07 Å². The number of aromatic nitrogens is 4. The first-order chi connectivity index (χ1) is 13.2. The molecule has 0 spiro atoms. The number of hydrogen-bond acceptors (Lipinski definition) is 6. The highest BCUT2D eigenvalue weighted by molar-refractivity contribution is 7.12. The molecule has 0 unspecified atom stereocenters. The SMILES string of the molecule is Cc1nc(Nc2ccc(NC(=O)c3cccs3)cc2)cc(-n2cccn2)n1. The second-order valence-corrected chi connectivity index (χ2v) is 6.69. The Morgan fingerprint density at radius 1 is 1.07 bits per heavy atom. The first-order valence-corrected chi connectivity index (χ1v) is 9.13. The van der Waals surface area contributed by atoms with E-state index < -0.39 is 0 Å². The fourth-order valence-electron chi connectivity index (χ4n) is 2.52. The summed E-state index contributed by atoms with van der Waals surface area (Å²) in [5, 5.41) is 12.2. The van der Waals surface area contributed by atoms with E-state index in [4.69, 9.17) is 0 Å². The number of benzene rings is 1. The maximum absolute atomic E-state index is 12.1. The van der Waals surface area contributed by atoms with Gasteiger partial charge in [0, 0.05) is 29.8 Å². The second-order valence-electron chi connectivity index (χ2n) is 5.74. The van der Waals surface area contributed by atoms with E-state index in [9.17, 15) is 4.79 Å². The molecule has 1 aromatic carbocycles. The van der Waals surface area contributed by atoms with Gasteiger partial charge in [-0.15, -0.1) is 11.3 Å². The number of thiophene rings is 1. The normalized spacial score (nSPS) is 10.6. The van der Waals surface area contributed by atoms with Crippen molar-refractivity contribution in [2.24, 2.45) is 0 Å². The summed E-state index contributed by atoms with van der Waals surface area (Å²) in [5.74, 6) is 1.89. The molecule has 0 aliphatic rings. The lowest BCUT2D eigenvalue weighted by Gasteiger charge is -2.10. The van der Waals surface area contributed by atoms with E-state index in [1.54, 1.807) is 16.9 Å². The topological polar surface area (TPSA) is 84.7 Å². The van der Waals surface area contributed by atoms with Gasteiger partial charge in [0.05, 0.1) is 4.88 Å². The molecule has 4 aromatic rings. The zero-order chi connectivity index (χ0) is 18.6. The van der Waals surface area contributed by atoms with Gasteiger partial charge in [0.15, 0.2) is 5.82 Å². The summed E-state index contributed by atoms with van der Waals surface area (Å²) in [7, 11) is 0. The predicted octanol–water partition coefficient (Wildman–Crippen LogP) is 4.03. The number of carbonyl (C=O) groups excluding carboxylic acids is 1. The third-order valence-electron chi connectivity index (χ3n) is 3.72. The third-order valence-corrected chi connectivity index (χ3v) is 4.59. The van der Waals surface area contributed by atoms with Crippen molar-refractivity contribution in [3.8, 4) is 5.82 Å². The summed E-state index contributed by atoms with van der Waals surface area (Å²) in [5.41, 5.74) is 1.59. The number of aryl methyl sites for hydroxylation is 1. The van der Waals surface area contributed by atoms with E-state index in [1.165, 1.54) is 11.3 Å². The van der Waals surface area contributed by atoms with Gasteiger partial charge in [0.2, 0.25) is 0 Å². The lowest BCUT2D eigenvalue weighted by Crippen LogP contribution is -2.09. The van der Waals surface area contributed by atoms with Crippen molar-refractivity contribution < 1.29 is 4.79 Å². The van der Waals surface area contributed by atoms with Gasteiger partial charge in [-0.25, -0.2) is 14.6 Å². The van der Waals surface area contributed by atoms with Crippen LogP contribution < -0.4 is 10.6 Å². The van der Waals surface area contributed by atoms with Crippen LogP contribution in [0.25, 0.3) is 5.82 Å². The fraction of sp³-hybridized carbons (Fsp3) is 0.0526. The van der Waals surface area contributed by atoms with Crippen molar-refractivity contribution in [2.45, 2.75) is 6.92 Å². The number of nitrogens with zero attached hydrogens (tertiary/aromatic N) is 4. The number of anilines is 3. The molecule has 3 heterocycles. The first-order valence-electron chi connectivity index (χ1n) is 8.25. The molecular weight excluding hydrogens is 360 g/mol. The van der Waals surface area contributed by atoms with E-state index in [0.29, 0.717) is 22.3 Å². The highest BCUT2D eigenvalue weighted by Gasteiger charge is 2.08. The molecule has 134 valence electrons. The molecule has 4 rings (SSSR count). The van der Waals surface area contributed by atoms with Crippen molar-refractivity contribution >= 4 is 34.4 Å². The van der Waals surface area contributed by atoms with Crippen LogP contribution in [0.15, 0.2) is 66.3 Å². The van der Waals surface area contributed by atoms with E-state index >= 15 is 0 Å². The van der Waals surface area contributed by atoms with Gasteiger partial charge in [-0.05, 0) is 48.7 Å². The average molecular weight is 376 g/mol. The van der Waals surface area contributed by atoms with Gasteiger partial charge in [0.1, 0.15) is 11.6 Å². The molecule has 0 saturated carbocycles. The van der Waals surface area contributed by atoms with Crippen molar-refractivity contribution in [1.82, 2.24) is 19.7 Å². The zero-order valence-electron chi connectivity index (χ0n) is 14.5. The summed E-state index contributed by atoms with van der Waals surface area (Å²) in [6.07, 6.45) is 3.53. The lowest BCUT2D eigenvalue weighted by molar-refractivity contribution is 0.103. The van der Waals surface area contributed by atoms with Crippen LogP contribution >= 0.6 is 11.3 Å². The van der Waals surface area contributed by atoms with Crippen molar-refractivity contribution in [2.75, 3.05) is 10.6 Å². The molecule has 2 N–H and O–H groups in total. The Bertz CT molecular complexity index is 1040. The minimum atomic E-state index is -0.110. The molecule has 0 fully saturated rings. The predicted molar refractivity (Wildman–Crippen MR) is 106 cm³/mol. The fourth-order valence-corrected chi connectivity index (χ4v) is 3.14. The van der Waals surface area contributed by atoms with E-state index in [1.807, 2.05) is 61.0 Å². The molecule has 0 atom stereocenters. The zero-order valence-corrected chi connectivity index (χ0v) is 15.3. The Kier molecular flexibility index (Phi) is 4.63. The number of hydrogen-bond donors (Lipinski definition) is 2. The average Bonchev–Trinajstić information content (AvgIpc) is 3.37. The maximum atomic E-state index is 12.1. The Morgan fingerprint density at radius 3 is 2.59 bits per heavy atom. The van der Waals surface area contributed by atoms with Gasteiger partial charge in [-0.3, -0.25) is 4.79 Å². The summed E-state index contributed by atoms with van der Waals surface area (Å²) < 4.78 is 1.68. The number of carbonyl (C=O) groups is 1. The van der Waals surface area contributed by atoms with Gasteiger partial charge in [0.25, 0.3) is 5.91 Å². The first kappa shape index (κ1) is 16.9. The molecule has 8 heteroatoms. The van der Waals surface area contributed by atoms with Crippen molar-refractivity contribution in [1.29, 1.82) is 0 Å². The Hall–Kier alpha value is -3.52. The highest BCUT2D eigenvalue weighted by Crippen LogP contribution is 2.20. The summed E-state index contributed by atoms with van der Waals surface area (Å²) in [6, 6.07) is 14.8. The number of rotatable bonds is 5. The van der Waals surface area contributed by atoms with Crippen LogP contribution in [0.4, 0.5) is 17.2 Å². The number of nitrogens with one attached hydrogen (secondary N) is 2. The minimum absolute atomic E-state index is 0.110. The van der Waals surface area contributed by atoms with E-state index in [0.717, 1.165) is 11.4 Å². The summed E-state index contributed by atoms with van der Waals surface area (Å²) in [4.78, 5) is 21.6. The molecule has 0 saturated heterocycles. The molecule has 0 aliphatic heterocycles. The molecule has 7 nitrogen and oxygen atoms in total.